The summed E-state index contributed by atoms with van der Waals surface area (Å²) >= 11 is 0. The maximum absolute atomic E-state index is 12.3. The van der Waals surface area contributed by atoms with Gasteiger partial charge in [-0.3, -0.25) is 4.79 Å². The normalized spacial score (nSPS) is 10.9. The van der Waals surface area contributed by atoms with Gasteiger partial charge < -0.3 is 14.6 Å². The highest BCUT2D eigenvalue weighted by Gasteiger charge is 2.33. The van der Waals surface area contributed by atoms with Crippen LogP contribution >= 0.6 is 0 Å². The van der Waals surface area contributed by atoms with Crippen LogP contribution in [0, 0.1) is 11.3 Å². The zero-order valence-electron chi connectivity index (χ0n) is 11.0. The molecule has 0 aliphatic rings. The largest absolute Gasteiger partial charge is 0.573 e. The molecule has 0 saturated carbocycles. The monoisotopic (exact) mass is 303 g/mol. The Hall–Kier alpha value is -2.27. The van der Waals surface area contributed by atoms with Crippen molar-refractivity contribution in [3.8, 4) is 11.8 Å². The first-order chi connectivity index (χ1) is 9.80. The molecule has 0 amide bonds. The minimum absolute atomic E-state index is 0.00162. The molecular weight excluding hydrogens is 291 g/mol. The van der Waals surface area contributed by atoms with E-state index in [2.05, 4.69) is 9.47 Å². The Morgan fingerprint density at radius 1 is 1.43 bits per heavy atom. The van der Waals surface area contributed by atoms with Crippen molar-refractivity contribution in [2.75, 3.05) is 6.61 Å². The smallest absolute Gasteiger partial charge is 0.466 e. The summed E-state index contributed by atoms with van der Waals surface area (Å²) in [7, 11) is 0. The van der Waals surface area contributed by atoms with Crippen molar-refractivity contribution in [3.63, 3.8) is 0 Å². The van der Waals surface area contributed by atoms with Crippen LogP contribution in [0.5, 0.6) is 5.75 Å². The number of hydrogen-bond donors (Lipinski definition) is 1. The minimum Gasteiger partial charge on any atom is -0.466 e. The van der Waals surface area contributed by atoms with E-state index in [1.54, 1.807) is 13.0 Å². The van der Waals surface area contributed by atoms with Crippen molar-refractivity contribution >= 4 is 5.97 Å². The Morgan fingerprint density at radius 3 is 2.57 bits per heavy atom. The number of aliphatic hydroxyl groups is 1. The number of nitrogens with zero attached hydrogens (tertiary/aromatic N) is 1. The Kier molecular flexibility index (Phi) is 5.55. The zero-order chi connectivity index (χ0) is 16.0. The molecule has 21 heavy (non-hydrogen) atoms. The van der Waals surface area contributed by atoms with Gasteiger partial charge in [-0.05, 0) is 24.1 Å². The third kappa shape index (κ3) is 4.96. The van der Waals surface area contributed by atoms with E-state index in [1.807, 2.05) is 0 Å². The summed E-state index contributed by atoms with van der Waals surface area (Å²) in [5.74, 6) is -1.45. The van der Waals surface area contributed by atoms with Gasteiger partial charge in [0.1, 0.15) is 11.8 Å². The van der Waals surface area contributed by atoms with Crippen molar-refractivity contribution in [1.29, 1.82) is 5.26 Å². The molecule has 0 heterocycles. The molecule has 1 rings (SSSR count). The molecule has 0 atom stereocenters. The predicted octanol–water partition coefficient (Wildman–Crippen LogP) is 2.05. The maximum atomic E-state index is 12.3. The van der Waals surface area contributed by atoms with Crippen LogP contribution in [-0.2, 0) is 22.6 Å². The highest BCUT2D eigenvalue weighted by atomic mass is 19.4. The quantitative estimate of drug-likeness (QED) is 0.842. The van der Waals surface area contributed by atoms with Gasteiger partial charge in [-0.15, -0.1) is 13.2 Å². The lowest BCUT2D eigenvalue weighted by atomic mass is 10.0. The molecule has 0 aliphatic heterocycles. The van der Waals surface area contributed by atoms with Crippen molar-refractivity contribution < 1.29 is 32.5 Å². The zero-order valence-corrected chi connectivity index (χ0v) is 11.0. The highest BCUT2D eigenvalue weighted by Crippen LogP contribution is 2.30. The summed E-state index contributed by atoms with van der Waals surface area (Å²) in [6.45, 7) is 1.12. The number of carbonyl (C=O) groups is 1. The molecule has 114 valence electrons. The van der Waals surface area contributed by atoms with Crippen LogP contribution in [-0.4, -0.2) is 24.0 Å². The molecular formula is C13H12F3NO4. The second kappa shape index (κ2) is 6.95. The summed E-state index contributed by atoms with van der Waals surface area (Å²) in [5.41, 5.74) is -0.327. The molecule has 0 aliphatic carbocycles. The van der Waals surface area contributed by atoms with Gasteiger partial charge in [-0.2, -0.15) is 5.26 Å². The van der Waals surface area contributed by atoms with Crippen LogP contribution in [0.3, 0.4) is 0 Å². The van der Waals surface area contributed by atoms with Crippen LogP contribution in [0.4, 0.5) is 13.2 Å². The first-order valence-corrected chi connectivity index (χ1v) is 5.88. The second-order valence-corrected chi connectivity index (χ2v) is 3.93. The van der Waals surface area contributed by atoms with E-state index in [9.17, 15) is 18.0 Å². The number of hydrogen-bond acceptors (Lipinski definition) is 5. The third-order valence-corrected chi connectivity index (χ3v) is 2.40. The average molecular weight is 303 g/mol. The van der Waals surface area contributed by atoms with Gasteiger partial charge in [0.2, 0.25) is 0 Å². The van der Waals surface area contributed by atoms with Gasteiger partial charge >= 0.3 is 12.3 Å². The van der Waals surface area contributed by atoms with Crippen LogP contribution in [0.25, 0.3) is 0 Å². The summed E-state index contributed by atoms with van der Waals surface area (Å²) < 4.78 is 45.4. The molecule has 5 nitrogen and oxygen atoms in total. The van der Waals surface area contributed by atoms with E-state index in [1.165, 1.54) is 6.07 Å². The number of benzene rings is 1. The Labute approximate surface area is 118 Å². The van der Waals surface area contributed by atoms with E-state index in [-0.39, 0.29) is 17.7 Å². The molecule has 1 aromatic carbocycles. The van der Waals surface area contributed by atoms with Crippen LogP contribution in [0.1, 0.15) is 23.6 Å². The van der Waals surface area contributed by atoms with Gasteiger partial charge in [0.15, 0.2) is 0 Å². The van der Waals surface area contributed by atoms with E-state index >= 15 is 0 Å². The fourth-order valence-electron chi connectivity index (χ4n) is 1.67. The molecule has 1 N–H and O–H groups in total. The van der Waals surface area contributed by atoms with Crippen LogP contribution < -0.4 is 4.74 Å². The number of aliphatic hydroxyl groups excluding tert-OH is 1. The molecule has 0 aromatic heterocycles. The molecule has 1 aromatic rings. The van der Waals surface area contributed by atoms with Gasteiger partial charge in [-0.25, -0.2) is 0 Å². The van der Waals surface area contributed by atoms with Gasteiger partial charge in [-0.1, -0.05) is 6.07 Å². The number of ether oxygens (including phenoxy) is 2. The molecule has 0 radical (unpaired) electrons. The number of nitriles is 1. The first-order valence-electron chi connectivity index (χ1n) is 5.88. The molecule has 0 fully saturated rings. The summed E-state index contributed by atoms with van der Waals surface area (Å²) in [6.07, 6.45) is -5.38. The summed E-state index contributed by atoms with van der Waals surface area (Å²) in [4.78, 5) is 11.4. The summed E-state index contributed by atoms with van der Waals surface area (Å²) in [5, 5.41) is 18.0. The van der Waals surface area contributed by atoms with Crippen LogP contribution in [0.15, 0.2) is 12.1 Å². The number of esters is 1. The lowest BCUT2D eigenvalue weighted by Crippen LogP contribution is -2.19. The minimum atomic E-state index is -4.99. The number of carbonyl (C=O) groups excluding carboxylic acids is 1. The molecule has 0 bridgehead atoms. The van der Waals surface area contributed by atoms with Crippen molar-refractivity contribution in [3.05, 3.63) is 28.8 Å². The summed E-state index contributed by atoms with van der Waals surface area (Å²) in [6, 6.07) is 3.74. The standard InChI is InChI=1S/C13H12F3NO4/c1-2-20-12(19)5-9-3-8(7-18)4-11(10(9)6-17)21-13(14,15)16/h3-4,18H,2,5,7H2,1H3. The molecule has 0 spiro atoms. The topological polar surface area (TPSA) is 79.6 Å². The number of alkyl halides is 3. The Morgan fingerprint density at radius 2 is 2.10 bits per heavy atom. The maximum Gasteiger partial charge on any atom is 0.573 e. The number of rotatable bonds is 5. The van der Waals surface area contributed by atoms with Crippen molar-refractivity contribution in [2.45, 2.75) is 26.3 Å². The van der Waals surface area contributed by atoms with Gasteiger partial charge in [0, 0.05) is 0 Å². The number of halogens is 3. The van der Waals surface area contributed by atoms with E-state index in [0.717, 1.165) is 6.07 Å². The predicted molar refractivity (Wildman–Crippen MR) is 64.1 cm³/mol. The van der Waals surface area contributed by atoms with Gasteiger partial charge in [0.05, 0.1) is 25.2 Å². The van der Waals surface area contributed by atoms with Gasteiger partial charge in [0.25, 0.3) is 0 Å². The molecule has 0 saturated heterocycles. The highest BCUT2D eigenvalue weighted by molar-refractivity contribution is 5.74. The molecule has 8 heteroatoms. The first kappa shape index (κ1) is 16.8. The van der Waals surface area contributed by atoms with Crippen LogP contribution in [0.2, 0.25) is 0 Å². The SMILES string of the molecule is CCOC(=O)Cc1cc(CO)cc(OC(F)(F)F)c1C#N. The molecule has 0 unspecified atom stereocenters. The lowest BCUT2D eigenvalue weighted by Gasteiger charge is -2.14. The lowest BCUT2D eigenvalue weighted by molar-refractivity contribution is -0.274. The fourth-order valence-corrected chi connectivity index (χ4v) is 1.67. The second-order valence-electron chi connectivity index (χ2n) is 3.93. The fraction of sp³-hybridized carbons (Fsp3) is 0.385. The van der Waals surface area contributed by atoms with Crippen molar-refractivity contribution in [2.24, 2.45) is 0 Å². The Bertz CT molecular complexity index is 564. The van der Waals surface area contributed by atoms with E-state index < -0.39 is 36.7 Å². The van der Waals surface area contributed by atoms with E-state index in [0.29, 0.717) is 0 Å². The Balaban J connectivity index is 3.25. The average Bonchev–Trinajstić information content (AvgIpc) is 2.36. The van der Waals surface area contributed by atoms with Crippen molar-refractivity contribution in [1.82, 2.24) is 0 Å². The van der Waals surface area contributed by atoms with E-state index in [4.69, 9.17) is 10.4 Å². The third-order valence-electron chi connectivity index (χ3n) is 2.40.